The van der Waals surface area contributed by atoms with Crippen LogP contribution in [0.4, 0.5) is 0 Å². The largest absolute Gasteiger partial charge is 0.491 e. The standard InChI is InChI=1S/C27H41N5O5/c1-21(2)10-6-5-7-14-30-27(34)23-12-8-13-24(18-23)37-20-26(31-32-28)36-17-16-35-19-25(33)29-15-9-11-22(3)4/h8,12-13,18,21-22,26H,5-7,10,14-17,19-20H2,1-4H3,(H,29,33)(H,30,34). The molecule has 0 heterocycles. The highest BCUT2D eigenvalue weighted by molar-refractivity contribution is 5.94. The van der Waals surface area contributed by atoms with Crippen LogP contribution in [-0.2, 0) is 14.3 Å². The summed E-state index contributed by atoms with van der Waals surface area (Å²) in [7, 11) is 0. The van der Waals surface area contributed by atoms with Crippen molar-refractivity contribution in [3.05, 3.63) is 40.3 Å². The quantitative estimate of drug-likeness (QED) is 0.0979. The summed E-state index contributed by atoms with van der Waals surface area (Å²) in [6, 6.07) is 6.79. The Labute approximate surface area is 220 Å². The number of amides is 2. The van der Waals surface area contributed by atoms with Crippen molar-refractivity contribution >= 4 is 11.8 Å². The molecule has 1 atom stereocenters. The first-order valence-corrected chi connectivity index (χ1v) is 12.8. The predicted octanol–water partition coefficient (Wildman–Crippen LogP) is 4.46. The number of unbranched alkanes of at least 4 members (excludes halogenated alkanes) is 2. The summed E-state index contributed by atoms with van der Waals surface area (Å²) in [5.41, 5.74) is 9.29. The zero-order valence-electron chi connectivity index (χ0n) is 22.5. The van der Waals surface area contributed by atoms with Crippen LogP contribution in [0.2, 0.25) is 0 Å². The minimum Gasteiger partial charge on any atom is -0.491 e. The molecule has 0 radical (unpaired) electrons. The van der Waals surface area contributed by atoms with Crippen LogP contribution >= 0.6 is 0 Å². The maximum Gasteiger partial charge on any atom is 0.251 e. The van der Waals surface area contributed by atoms with Gasteiger partial charge in [0, 0.05) is 22.9 Å². The molecule has 10 nitrogen and oxygen atoms in total. The summed E-state index contributed by atoms with van der Waals surface area (Å²) < 4.78 is 16.4. The molecule has 0 aliphatic heterocycles. The van der Waals surface area contributed by atoms with Crippen molar-refractivity contribution in [1.82, 2.24) is 10.6 Å². The van der Waals surface area contributed by atoms with Gasteiger partial charge in [0.1, 0.15) is 19.0 Å². The highest BCUT2D eigenvalue weighted by atomic mass is 16.6. The monoisotopic (exact) mass is 515 g/mol. The number of nitrogens with one attached hydrogen (secondary N) is 2. The van der Waals surface area contributed by atoms with Crippen molar-refractivity contribution in [2.75, 3.05) is 39.5 Å². The molecule has 0 saturated heterocycles. The normalized spacial score (nSPS) is 11.3. The van der Waals surface area contributed by atoms with Crippen LogP contribution in [0.25, 0.3) is 10.4 Å². The fraction of sp³-hybridized carbons (Fsp3) is 0.630. The topological polar surface area (TPSA) is 135 Å². The molecule has 0 spiro atoms. The van der Waals surface area contributed by atoms with E-state index in [-0.39, 0.29) is 50.7 Å². The average Bonchev–Trinajstić information content (AvgIpc) is 2.86. The second-order valence-corrected chi connectivity index (χ2v) is 9.17. The van der Waals surface area contributed by atoms with Crippen molar-refractivity contribution in [3.8, 4) is 17.6 Å². The number of carbonyl (C=O) groups is 2. The SMILES string of the molecule is CC(C)C#CCNC(=O)COCCOC(COc1cccc(C(=O)NCCCCCC(C)C)c1)N=[N+]=[N-]. The molecule has 1 aromatic carbocycles. The molecule has 0 aromatic heterocycles. The fourth-order valence-electron chi connectivity index (χ4n) is 3.08. The number of nitrogens with zero attached hydrogens (tertiary/aromatic N) is 3. The number of ether oxygens (including phenoxy) is 3. The van der Waals surface area contributed by atoms with Gasteiger partial charge in [0.05, 0.1) is 19.8 Å². The number of azide groups is 1. The van der Waals surface area contributed by atoms with Gasteiger partial charge in [0.2, 0.25) is 5.91 Å². The lowest BCUT2D eigenvalue weighted by atomic mass is 10.1. The lowest BCUT2D eigenvalue weighted by Crippen LogP contribution is -2.29. The number of rotatable bonds is 18. The van der Waals surface area contributed by atoms with E-state index in [0.29, 0.717) is 23.8 Å². The van der Waals surface area contributed by atoms with E-state index >= 15 is 0 Å². The van der Waals surface area contributed by atoms with E-state index < -0.39 is 6.23 Å². The van der Waals surface area contributed by atoms with Crippen molar-refractivity contribution in [2.45, 2.75) is 59.6 Å². The van der Waals surface area contributed by atoms with Gasteiger partial charge in [-0.25, -0.2) is 0 Å². The van der Waals surface area contributed by atoms with Gasteiger partial charge in [-0.05, 0) is 36.1 Å². The Kier molecular flexibility index (Phi) is 17.1. The lowest BCUT2D eigenvalue weighted by Gasteiger charge is -2.14. The Morgan fingerprint density at radius 1 is 1.11 bits per heavy atom. The van der Waals surface area contributed by atoms with Gasteiger partial charge in [-0.1, -0.05) is 70.0 Å². The molecule has 0 aliphatic carbocycles. The molecule has 0 aliphatic rings. The second-order valence-electron chi connectivity index (χ2n) is 9.17. The van der Waals surface area contributed by atoms with E-state index in [1.807, 2.05) is 13.8 Å². The lowest BCUT2D eigenvalue weighted by molar-refractivity contribution is -0.126. The number of carbonyl (C=O) groups excluding carboxylic acids is 2. The van der Waals surface area contributed by atoms with Crippen LogP contribution in [0.1, 0.15) is 63.7 Å². The van der Waals surface area contributed by atoms with E-state index in [9.17, 15) is 9.59 Å². The average molecular weight is 516 g/mol. The molecule has 1 aromatic rings. The molecule has 10 heteroatoms. The third-order valence-corrected chi connectivity index (χ3v) is 4.95. The van der Waals surface area contributed by atoms with Gasteiger partial charge in [-0.2, -0.15) is 0 Å². The van der Waals surface area contributed by atoms with Crippen molar-refractivity contribution in [3.63, 3.8) is 0 Å². The highest BCUT2D eigenvalue weighted by Crippen LogP contribution is 2.14. The Morgan fingerprint density at radius 3 is 2.65 bits per heavy atom. The Balaban J connectivity index is 2.33. The van der Waals surface area contributed by atoms with Gasteiger partial charge >= 0.3 is 0 Å². The maximum atomic E-state index is 12.4. The summed E-state index contributed by atoms with van der Waals surface area (Å²) in [5.74, 6) is 6.78. The molecule has 2 N–H and O–H groups in total. The van der Waals surface area contributed by atoms with Crippen LogP contribution in [0.3, 0.4) is 0 Å². The summed E-state index contributed by atoms with van der Waals surface area (Å²) >= 11 is 0. The Bertz CT molecular complexity index is 919. The third-order valence-electron chi connectivity index (χ3n) is 4.95. The molecule has 0 bridgehead atoms. The Hall–Kier alpha value is -3.25. The van der Waals surface area contributed by atoms with Gasteiger partial charge in [-0.15, -0.1) is 0 Å². The molecular formula is C27H41N5O5. The van der Waals surface area contributed by atoms with E-state index in [2.05, 4.69) is 46.3 Å². The van der Waals surface area contributed by atoms with Gasteiger partial charge in [0.15, 0.2) is 6.23 Å². The first-order valence-electron chi connectivity index (χ1n) is 12.8. The zero-order valence-corrected chi connectivity index (χ0v) is 22.5. The van der Waals surface area contributed by atoms with Crippen LogP contribution in [0.5, 0.6) is 5.75 Å². The molecular weight excluding hydrogens is 474 g/mol. The van der Waals surface area contributed by atoms with Crippen LogP contribution < -0.4 is 15.4 Å². The summed E-state index contributed by atoms with van der Waals surface area (Å²) in [6.07, 6.45) is 3.51. The molecule has 0 fully saturated rings. The van der Waals surface area contributed by atoms with Crippen molar-refractivity contribution in [2.24, 2.45) is 17.0 Å². The number of benzene rings is 1. The predicted molar refractivity (Wildman–Crippen MR) is 143 cm³/mol. The smallest absolute Gasteiger partial charge is 0.251 e. The summed E-state index contributed by atoms with van der Waals surface area (Å²) in [4.78, 5) is 26.9. The fourth-order valence-corrected chi connectivity index (χ4v) is 3.08. The summed E-state index contributed by atoms with van der Waals surface area (Å²) in [6.45, 7) is 9.34. The number of hydrogen-bond donors (Lipinski definition) is 2. The van der Waals surface area contributed by atoms with E-state index in [4.69, 9.17) is 19.7 Å². The molecule has 37 heavy (non-hydrogen) atoms. The molecule has 1 rings (SSSR count). The molecule has 1 unspecified atom stereocenters. The van der Waals surface area contributed by atoms with E-state index in [1.54, 1.807) is 24.3 Å². The van der Waals surface area contributed by atoms with Gasteiger partial charge in [-0.3, -0.25) is 9.59 Å². The van der Waals surface area contributed by atoms with Crippen LogP contribution in [0.15, 0.2) is 29.4 Å². The first-order chi connectivity index (χ1) is 17.8. The van der Waals surface area contributed by atoms with Crippen LogP contribution in [-0.4, -0.2) is 57.6 Å². The minimum atomic E-state index is -0.892. The number of hydrogen-bond acceptors (Lipinski definition) is 6. The molecule has 0 saturated carbocycles. The third kappa shape index (κ3) is 16.9. The first kappa shape index (κ1) is 31.8. The molecule has 2 amide bonds. The van der Waals surface area contributed by atoms with Gasteiger partial charge < -0.3 is 24.8 Å². The van der Waals surface area contributed by atoms with Gasteiger partial charge in [0.25, 0.3) is 5.91 Å². The van der Waals surface area contributed by atoms with E-state index in [1.165, 1.54) is 12.8 Å². The highest BCUT2D eigenvalue weighted by Gasteiger charge is 2.11. The van der Waals surface area contributed by atoms with Crippen molar-refractivity contribution in [1.29, 1.82) is 0 Å². The van der Waals surface area contributed by atoms with Crippen LogP contribution in [0, 0.1) is 23.7 Å². The second kappa shape index (κ2) is 19.9. The summed E-state index contributed by atoms with van der Waals surface area (Å²) in [5, 5.41) is 9.14. The Morgan fingerprint density at radius 2 is 1.92 bits per heavy atom. The zero-order chi connectivity index (χ0) is 27.3. The molecule has 204 valence electrons. The minimum absolute atomic E-state index is 0.0417. The van der Waals surface area contributed by atoms with E-state index in [0.717, 1.165) is 12.8 Å². The maximum absolute atomic E-state index is 12.4. The van der Waals surface area contributed by atoms with Crippen molar-refractivity contribution < 1.29 is 23.8 Å².